The van der Waals surface area contributed by atoms with Gasteiger partial charge in [-0.3, -0.25) is 4.68 Å². The van der Waals surface area contributed by atoms with E-state index >= 15 is 0 Å². The van der Waals surface area contributed by atoms with Gasteiger partial charge in [0.25, 0.3) is 0 Å². The summed E-state index contributed by atoms with van der Waals surface area (Å²) in [6.07, 6.45) is 2.06. The Kier molecular flexibility index (Phi) is 1.89. The lowest BCUT2D eigenvalue weighted by Gasteiger charge is -1.88. The lowest BCUT2D eigenvalue weighted by atomic mass is 10.3. The van der Waals surface area contributed by atoms with Crippen molar-refractivity contribution in [3.05, 3.63) is 28.9 Å². The minimum Gasteiger partial charge on any atom is -0.272 e. The van der Waals surface area contributed by atoms with E-state index < -0.39 is 0 Å². The largest absolute Gasteiger partial charge is 0.272 e. The van der Waals surface area contributed by atoms with Crippen LogP contribution in [0.3, 0.4) is 0 Å². The molecule has 0 radical (unpaired) electrons. The molecule has 0 saturated heterocycles. The first-order valence-electron chi connectivity index (χ1n) is 3.92. The number of hydrogen-bond donors (Lipinski definition) is 0. The summed E-state index contributed by atoms with van der Waals surface area (Å²) in [6, 6.07) is 6.11. The average molecular weight is 225 g/mol. The van der Waals surface area contributed by atoms with Crippen molar-refractivity contribution in [2.45, 2.75) is 13.5 Å². The number of aryl methyl sites for hydroxylation is 1. The van der Waals surface area contributed by atoms with Gasteiger partial charge in [0, 0.05) is 22.6 Å². The summed E-state index contributed by atoms with van der Waals surface area (Å²) in [5.41, 5.74) is 1.06. The first-order chi connectivity index (χ1) is 5.79. The molecule has 0 unspecified atom stereocenters. The van der Waals surface area contributed by atoms with Crippen LogP contribution in [0.4, 0.5) is 0 Å². The Morgan fingerprint density at radius 1 is 1.50 bits per heavy atom. The first-order valence-corrected chi connectivity index (χ1v) is 4.71. The van der Waals surface area contributed by atoms with Gasteiger partial charge in [-0.1, -0.05) is 15.9 Å². The summed E-state index contributed by atoms with van der Waals surface area (Å²) in [7, 11) is 0. The molecule has 0 fully saturated rings. The molecular formula is C9H9BrN2. The van der Waals surface area contributed by atoms with Gasteiger partial charge in [-0.25, -0.2) is 0 Å². The maximum Gasteiger partial charge on any atom is 0.0924 e. The van der Waals surface area contributed by atoms with Crippen LogP contribution in [-0.2, 0) is 6.54 Å². The minimum absolute atomic E-state index is 0.923. The number of aromatic nitrogens is 2. The molecule has 0 aliphatic heterocycles. The van der Waals surface area contributed by atoms with Crippen LogP contribution in [-0.4, -0.2) is 9.78 Å². The molecule has 0 aliphatic carbocycles. The molecule has 0 spiro atoms. The van der Waals surface area contributed by atoms with Crippen LogP contribution in [0, 0.1) is 0 Å². The Balaban J connectivity index is 2.67. The van der Waals surface area contributed by atoms with E-state index in [0.29, 0.717) is 0 Å². The minimum atomic E-state index is 0.923. The molecule has 2 aromatic rings. The van der Waals surface area contributed by atoms with E-state index in [-0.39, 0.29) is 0 Å². The van der Waals surface area contributed by atoms with Crippen LogP contribution in [0.15, 0.2) is 28.9 Å². The average Bonchev–Trinajstić information content (AvgIpc) is 2.46. The Morgan fingerprint density at radius 3 is 3.08 bits per heavy atom. The highest BCUT2D eigenvalue weighted by molar-refractivity contribution is 9.10. The normalized spacial score (nSPS) is 10.8. The summed E-state index contributed by atoms with van der Waals surface area (Å²) in [4.78, 5) is 0. The standard InChI is InChI=1S/C9H9BrN2/c1-2-12-6-7-5-8(10)3-4-9(7)11-12/h3-6H,2H2,1H3. The quantitative estimate of drug-likeness (QED) is 0.729. The molecule has 2 rings (SSSR count). The molecule has 2 nitrogen and oxygen atoms in total. The fourth-order valence-corrected chi connectivity index (χ4v) is 1.59. The van der Waals surface area contributed by atoms with Gasteiger partial charge in [0.05, 0.1) is 5.52 Å². The molecule has 0 aliphatic rings. The monoisotopic (exact) mass is 224 g/mol. The van der Waals surface area contributed by atoms with Crippen LogP contribution in [0.1, 0.15) is 6.92 Å². The molecule has 12 heavy (non-hydrogen) atoms. The van der Waals surface area contributed by atoms with Gasteiger partial charge < -0.3 is 0 Å². The Morgan fingerprint density at radius 2 is 2.33 bits per heavy atom. The van der Waals surface area contributed by atoms with E-state index in [1.807, 2.05) is 16.8 Å². The maximum atomic E-state index is 4.37. The highest BCUT2D eigenvalue weighted by atomic mass is 79.9. The SMILES string of the molecule is CCn1cc2cc(Br)ccc2n1. The number of halogens is 1. The summed E-state index contributed by atoms with van der Waals surface area (Å²) >= 11 is 3.43. The number of fused-ring (bicyclic) bond motifs is 1. The molecule has 0 saturated carbocycles. The van der Waals surface area contributed by atoms with Crippen molar-refractivity contribution in [1.29, 1.82) is 0 Å². The van der Waals surface area contributed by atoms with Crippen molar-refractivity contribution in [2.24, 2.45) is 0 Å². The molecular weight excluding hydrogens is 216 g/mol. The van der Waals surface area contributed by atoms with Gasteiger partial charge in [-0.2, -0.15) is 5.10 Å². The third kappa shape index (κ3) is 1.25. The summed E-state index contributed by atoms with van der Waals surface area (Å²) < 4.78 is 3.04. The third-order valence-corrected chi connectivity index (χ3v) is 2.33. The molecule has 0 atom stereocenters. The number of rotatable bonds is 1. The number of hydrogen-bond acceptors (Lipinski definition) is 1. The van der Waals surface area contributed by atoms with Crippen LogP contribution >= 0.6 is 15.9 Å². The number of nitrogens with zero attached hydrogens (tertiary/aromatic N) is 2. The van der Waals surface area contributed by atoms with Crippen molar-refractivity contribution >= 4 is 26.8 Å². The van der Waals surface area contributed by atoms with Gasteiger partial charge in [0.2, 0.25) is 0 Å². The second-order valence-corrected chi connectivity index (χ2v) is 3.60. The van der Waals surface area contributed by atoms with Crippen LogP contribution in [0.25, 0.3) is 10.9 Å². The Labute approximate surface area is 79.3 Å². The van der Waals surface area contributed by atoms with Gasteiger partial charge in [-0.15, -0.1) is 0 Å². The van der Waals surface area contributed by atoms with Crippen molar-refractivity contribution in [1.82, 2.24) is 9.78 Å². The number of benzene rings is 1. The first kappa shape index (κ1) is 7.80. The molecule has 3 heteroatoms. The lowest BCUT2D eigenvalue weighted by molar-refractivity contribution is 0.668. The molecule has 1 heterocycles. The zero-order chi connectivity index (χ0) is 8.55. The third-order valence-electron chi connectivity index (χ3n) is 1.84. The van der Waals surface area contributed by atoms with Crippen molar-refractivity contribution in [3.8, 4) is 0 Å². The predicted molar refractivity (Wildman–Crippen MR) is 53.1 cm³/mol. The Bertz CT molecular complexity index is 406. The van der Waals surface area contributed by atoms with E-state index in [1.54, 1.807) is 0 Å². The van der Waals surface area contributed by atoms with E-state index in [0.717, 1.165) is 16.5 Å². The highest BCUT2D eigenvalue weighted by Gasteiger charge is 1.98. The van der Waals surface area contributed by atoms with Gasteiger partial charge in [-0.05, 0) is 25.1 Å². The fraction of sp³-hybridized carbons (Fsp3) is 0.222. The molecule has 1 aromatic carbocycles. The second kappa shape index (κ2) is 2.90. The fourth-order valence-electron chi connectivity index (χ4n) is 1.21. The molecule has 62 valence electrons. The zero-order valence-electron chi connectivity index (χ0n) is 6.79. The van der Waals surface area contributed by atoms with Gasteiger partial charge >= 0.3 is 0 Å². The highest BCUT2D eigenvalue weighted by Crippen LogP contribution is 2.18. The van der Waals surface area contributed by atoms with Crippen molar-refractivity contribution in [2.75, 3.05) is 0 Å². The smallest absolute Gasteiger partial charge is 0.0924 e. The van der Waals surface area contributed by atoms with Gasteiger partial charge in [0.15, 0.2) is 0 Å². The predicted octanol–water partition coefficient (Wildman–Crippen LogP) is 2.82. The zero-order valence-corrected chi connectivity index (χ0v) is 8.37. The van der Waals surface area contributed by atoms with Crippen LogP contribution in [0.2, 0.25) is 0 Å². The van der Waals surface area contributed by atoms with Crippen molar-refractivity contribution < 1.29 is 0 Å². The molecule has 1 aromatic heterocycles. The van der Waals surface area contributed by atoms with E-state index in [2.05, 4.69) is 40.2 Å². The van der Waals surface area contributed by atoms with Crippen LogP contribution in [0.5, 0.6) is 0 Å². The molecule has 0 bridgehead atoms. The lowest BCUT2D eigenvalue weighted by Crippen LogP contribution is -1.92. The maximum absolute atomic E-state index is 4.37. The van der Waals surface area contributed by atoms with Crippen LogP contribution < -0.4 is 0 Å². The molecule has 0 amide bonds. The summed E-state index contributed by atoms with van der Waals surface area (Å²) in [5, 5.41) is 5.55. The van der Waals surface area contributed by atoms with Crippen molar-refractivity contribution in [3.63, 3.8) is 0 Å². The molecule has 0 N–H and O–H groups in total. The topological polar surface area (TPSA) is 17.8 Å². The van der Waals surface area contributed by atoms with E-state index in [1.165, 1.54) is 5.39 Å². The second-order valence-electron chi connectivity index (χ2n) is 2.69. The summed E-state index contributed by atoms with van der Waals surface area (Å²) in [6.45, 7) is 3.01. The van der Waals surface area contributed by atoms with E-state index in [9.17, 15) is 0 Å². The Hall–Kier alpha value is -0.830. The van der Waals surface area contributed by atoms with Gasteiger partial charge in [0.1, 0.15) is 0 Å². The van der Waals surface area contributed by atoms with E-state index in [4.69, 9.17) is 0 Å². The summed E-state index contributed by atoms with van der Waals surface area (Å²) in [5.74, 6) is 0.